The minimum Gasteiger partial charge on any atom is -0.395 e. The van der Waals surface area contributed by atoms with Gasteiger partial charge in [-0.1, -0.05) is 30.4 Å². The first-order valence-corrected chi connectivity index (χ1v) is 7.43. The zero-order valence-corrected chi connectivity index (χ0v) is 12.2. The molecule has 1 atom stereocenters. The van der Waals surface area contributed by atoms with Gasteiger partial charge in [-0.05, 0) is 37.1 Å². The van der Waals surface area contributed by atoms with Crippen LogP contribution in [0.25, 0.3) is 0 Å². The molecule has 1 aliphatic heterocycles. The zero-order chi connectivity index (χ0) is 15.1. The van der Waals surface area contributed by atoms with E-state index >= 15 is 0 Å². The third kappa shape index (κ3) is 4.59. The predicted molar refractivity (Wildman–Crippen MR) is 82.3 cm³/mol. The summed E-state index contributed by atoms with van der Waals surface area (Å²) in [6.45, 7) is 1.72. The lowest BCUT2D eigenvalue weighted by Gasteiger charge is -2.33. The third-order valence-corrected chi connectivity index (χ3v) is 3.72. The van der Waals surface area contributed by atoms with Crippen molar-refractivity contribution in [3.05, 3.63) is 35.4 Å². The Kier molecular flexibility index (Phi) is 5.79. The number of primary amides is 1. The Morgan fingerprint density at radius 1 is 1.43 bits per heavy atom. The number of aliphatic hydroxyl groups excluding tert-OH is 1. The maximum atomic E-state index is 11.5. The third-order valence-electron chi connectivity index (χ3n) is 3.72. The van der Waals surface area contributed by atoms with Crippen molar-refractivity contribution in [3.8, 4) is 11.8 Å². The van der Waals surface area contributed by atoms with E-state index in [2.05, 4.69) is 16.7 Å². The van der Waals surface area contributed by atoms with E-state index in [9.17, 15) is 4.79 Å². The molecule has 1 heterocycles. The van der Waals surface area contributed by atoms with Crippen LogP contribution in [-0.2, 0) is 11.3 Å². The van der Waals surface area contributed by atoms with E-state index in [-0.39, 0.29) is 18.6 Å². The molecule has 1 unspecified atom stereocenters. The van der Waals surface area contributed by atoms with Gasteiger partial charge in [0.25, 0.3) is 0 Å². The van der Waals surface area contributed by atoms with E-state index in [1.54, 1.807) is 0 Å². The van der Waals surface area contributed by atoms with E-state index in [0.717, 1.165) is 43.5 Å². The number of carbonyl (C=O) groups is 1. The summed E-state index contributed by atoms with van der Waals surface area (Å²) in [5.41, 5.74) is 7.57. The molecule has 4 nitrogen and oxygen atoms in total. The first-order valence-electron chi connectivity index (χ1n) is 7.43. The molecule has 0 saturated carbocycles. The normalized spacial score (nSPS) is 18.8. The lowest BCUT2D eigenvalue weighted by Crippen LogP contribution is -2.47. The molecule has 1 aromatic carbocycles. The Balaban J connectivity index is 2.06. The van der Waals surface area contributed by atoms with Gasteiger partial charge >= 0.3 is 0 Å². The molecule has 1 aromatic rings. The summed E-state index contributed by atoms with van der Waals surface area (Å²) in [4.78, 5) is 13.7. The number of piperidine rings is 1. The Bertz CT molecular complexity index is 545. The van der Waals surface area contributed by atoms with Crippen LogP contribution in [0.5, 0.6) is 0 Å². The summed E-state index contributed by atoms with van der Waals surface area (Å²) >= 11 is 0. The highest BCUT2D eigenvalue weighted by Crippen LogP contribution is 2.19. The minimum absolute atomic E-state index is 0.0841. The largest absolute Gasteiger partial charge is 0.395 e. The van der Waals surface area contributed by atoms with Crippen molar-refractivity contribution in [1.29, 1.82) is 0 Å². The van der Waals surface area contributed by atoms with Crippen LogP contribution in [-0.4, -0.2) is 35.1 Å². The van der Waals surface area contributed by atoms with Gasteiger partial charge in [0.1, 0.15) is 0 Å². The van der Waals surface area contributed by atoms with Crippen LogP contribution >= 0.6 is 0 Å². The number of carbonyl (C=O) groups excluding carboxylic acids is 1. The van der Waals surface area contributed by atoms with Crippen molar-refractivity contribution in [3.63, 3.8) is 0 Å². The fraction of sp³-hybridized carbons (Fsp3) is 0.471. The molecule has 0 spiro atoms. The summed E-state index contributed by atoms with van der Waals surface area (Å²) in [5, 5.41) is 8.74. The highest BCUT2D eigenvalue weighted by atomic mass is 16.2. The van der Waals surface area contributed by atoms with Gasteiger partial charge in [0.2, 0.25) is 5.91 Å². The molecule has 0 bridgehead atoms. The maximum absolute atomic E-state index is 11.5. The number of hydrogen-bond acceptors (Lipinski definition) is 3. The summed E-state index contributed by atoms with van der Waals surface area (Å²) < 4.78 is 0. The maximum Gasteiger partial charge on any atom is 0.234 e. The standard InChI is InChI=1S/C17H22N2O2/c18-17(21)16-9-1-3-10-19(16)13-15-8-5-7-14(12-15)6-2-4-11-20/h5,7-8,12,16,20H,1,3-4,9-11,13H2,(H2,18,21). The van der Waals surface area contributed by atoms with E-state index in [1.807, 2.05) is 24.3 Å². The molecule has 1 fully saturated rings. The second-order valence-corrected chi connectivity index (χ2v) is 5.36. The minimum atomic E-state index is -0.228. The second-order valence-electron chi connectivity index (χ2n) is 5.36. The first-order chi connectivity index (χ1) is 10.2. The summed E-state index contributed by atoms with van der Waals surface area (Å²) in [7, 11) is 0. The average Bonchev–Trinajstić information content (AvgIpc) is 2.48. The van der Waals surface area contributed by atoms with Gasteiger partial charge in [-0.25, -0.2) is 0 Å². The Morgan fingerprint density at radius 2 is 2.29 bits per heavy atom. The van der Waals surface area contributed by atoms with Crippen molar-refractivity contribution in [2.75, 3.05) is 13.2 Å². The number of hydrogen-bond donors (Lipinski definition) is 2. The average molecular weight is 286 g/mol. The molecular weight excluding hydrogens is 264 g/mol. The van der Waals surface area contributed by atoms with Crippen molar-refractivity contribution >= 4 is 5.91 Å². The Labute approximate surface area is 125 Å². The molecule has 0 aliphatic carbocycles. The Hall–Kier alpha value is -1.83. The van der Waals surface area contributed by atoms with Crippen LogP contribution in [0.3, 0.4) is 0 Å². The number of likely N-dealkylation sites (tertiary alicyclic amines) is 1. The van der Waals surface area contributed by atoms with E-state index in [4.69, 9.17) is 10.8 Å². The topological polar surface area (TPSA) is 66.6 Å². The molecule has 21 heavy (non-hydrogen) atoms. The molecule has 4 heteroatoms. The quantitative estimate of drug-likeness (QED) is 0.819. The molecule has 3 N–H and O–H groups in total. The highest BCUT2D eigenvalue weighted by molar-refractivity contribution is 5.79. The highest BCUT2D eigenvalue weighted by Gasteiger charge is 2.26. The van der Waals surface area contributed by atoms with Gasteiger partial charge in [-0.15, -0.1) is 0 Å². The van der Waals surface area contributed by atoms with Crippen LogP contribution in [0.15, 0.2) is 24.3 Å². The summed E-state index contributed by atoms with van der Waals surface area (Å²) in [5.74, 6) is 5.73. The number of aliphatic hydroxyl groups is 1. The number of benzene rings is 1. The van der Waals surface area contributed by atoms with Crippen LogP contribution in [0.1, 0.15) is 36.8 Å². The van der Waals surface area contributed by atoms with Gasteiger partial charge in [0, 0.05) is 18.5 Å². The van der Waals surface area contributed by atoms with Gasteiger partial charge in [0.15, 0.2) is 0 Å². The monoisotopic (exact) mass is 286 g/mol. The smallest absolute Gasteiger partial charge is 0.234 e. The first kappa shape index (κ1) is 15.6. The van der Waals surface area contributed by atoms with Crippen LogP contribution in [0, 0.1) is 11.8 Å². The zero-order valence-electron chi connectivity index (χ0n) is 12.2. The van der Waals surface area contributed by atoms with Crippen LogP contribution in [0.2, 0.25) is 0 Å². The number of nitrogens with zero attached hydrogens (tertiary/aromatic N) is 1. The predicted octanol–water partition coefficient (Wildman–Crippen LogP) is 1.26. The molecule has 0 aromatic heterocycles. The van der Waals surface area contributed by atoms with E-state index in [1.165, 1.54) is 0 Å². The van der Waals surface area contributed by atoms with Crippen molar-refractivity contribution in [2.24, 2.45) is 5.73 Å². The molecule has 1 aliphatic rings. The lowest BCUT2D eigenvalue weighted by molar-refractivity contribution is -0.124. The molecule has 1 saturated heterocycles. The van der Waals surface area contributed by atoms with Crippen LogP contribution < -0.4 is 5.73 Å². The Morgan fingerprint density at radius 3 is 3.05 bits per heavy atom. The van der Waals surface area contributed by atoms with Crippen molar-refractivity contribution < 1.29 is 9.90 Å². The number of rotatable bonds is 4. The lowest BCUT2D eigenvalue weighted by atomic mass is 10.0. The molecule has 2 rings (SSSR count). The molecule has 0 radical (unpaired) electrons. The van der Waals surface area contributed by atoms with Gasteiger partial charge in [0.05, 0.1) is 12.6 Å². The van der Waals surface area contributed by atoms with Gasteiger partial charge < -0.3 is 10.8 Å². The van der Waals surface area contributed by atoms with Gasteiger partial charge in [-0.2, -0.15) is 0 Å². The van der Waals surface area contributed by atoms with E-state index < -0.39 is 0 Å². The number of amides is 1. The fourth-order valence-electron chi connectivity index (χ4n) is 2.70. The molecule has 112 valence electrons. The summed E-state index contributed by atoms with van der Waals surface area (Å²) in [6, 6.07) is 7.86. The summed E-state index contributed by atoms with van der Waals surface area (Å²) in [6.07, 6.45) is 3.52. The molecular formula is C17H22N2O2. The SMILES string of the molecule is NC(=O)C1CCCCN1Cc1cccc(C#CCCO)c1. The molecule has 1 amide bonds. The number of nitrogens with two attached hydrogens (primary N) is 1. The van der Waals surface area contributed by atoms with Crippen molar-refractivity contribution in [2.45, 2.75) is 38.3 Å². The van der Waals surface area contributed by atoms with Crippen molar-refractivity contribution in [1.82, 2.24) is 4.90 Å². The van der Waals surface area contributed by atoms with E-state index in [0.29, 0.717) is 6.42 Å². The second kappa shape index (κ2) is 7.82. The van der Waals surface area contributed by atoms with Crippen LogP contribution in [0.4, 0.5) is 0 Å². The fourth-order valence-corrected chi connectivity index (χ4v) is 2.70. The van der Waals surface area contributed by atoms with Gasteiger partial charge in [-0.3, -0.25) is 9.69 Å².